The molecule has 8 heteroatoms. The molecule has 0 aliphatic carbocycles. The summed E-state index contributed by atoms with van der Waals surface area (Å²) in [5.74, 6) is -2.56. The first-order valence-corrected chi connectivity index (χ1v) is 9.93. The Balaban J connectivity index is 1.46. The van der Waals surface area contributed by atoms with Crippen LogP contribution >= 0.6 is 0 Å². The number of carbonyl (C=O) groups is 3. The molecule has 4 rings (SSSR count). The molecule has 0 aromatic heterocycles. The molecule has 0 spiro atoms. The second-order valence-electron chi connectivity index (χ2n) is 7.38. The van der Waals surface area contributed by atoms with Crippen molar-refractivity contribution in [2.45, 2.75) is 6.42 Å². The Bertz CT molecular complexity index is 1160. The van der Waals surface area contributed by atoms with Crippen LogP contribution in [0.4, 0.5) is 25.8 Å². The minimum Gasteiger partial charge on any atom is -0.325 e. The average molecular weight is 435 g/mol. The van der Waals surface area contributed by atoms with Crippen LogP contribution in [0, 0.1) is 17.6 Å². The highest BCUT2D eigenvalue weighted by Crippen LogP contribution is 2.27. The summed E-state index contributed by atoms with van der Waals surface area (Å²) < 4.78 is 26.2. The molecule has 0 saturated carbocycles. The molecule has 0 unspecified atom stereocenters. The maximum absolute atomic E-state index is 13.2. The van der Waals surface area contributed by atoms with Gasteiger partial charge in [-0.15, -0.1) is 0 Å². The van der Waals surface area contributed by atoms with Crippen LogP contribution in [0.25, 0.3) is 0 Å². The van der Waals surface area contributed by atoms with Crippen LogP contribution < -0.4 is 15.5 Å². The van der Waals surface area contributed by atoms with Gasteiger partial charge in [0.05, 0.1) is 17.2 Å². The zero-order chi connectivity index (χ0) is 22.7. The molecule has 1 heterocycles. The first-order chi connectivity index (χ1) is 15.4. The summed E-state index contributed by atoms with van der Waals surface area (Å²) in [5, 5.41) is 5.39. The number of amides is 3. The normalized spacial score (nSPS) is 15.5. The minimum absolute atomic E-state index is 0.00710. The summed E-state index contributed by atoms with van der Waals surface area (Å²) in [7, 11) is 0. The second-order valence-corrected chi connectivity index (χ2v) is 7.38. The zero-order valence-electron chi connectivity index (χ0n) is 16.8. The zero-order valence-corrected chi connectivity index (χ0v) is 16.8. The summed E-state index contributed by atoms with van der Waals surface area (Å²) in [6, 6.07) is 17.3. The van der Waals surface area contributed by atoms with Crippen molar-refractivity contribution in [3.63, 3.8) is 0 Å². The van der Waals surface area contributed by atoms with E-state index in [1.54, 1.807) is 24.3 Å². The van der Waals surface area contributed by atoms with Gasteiger partial charge < -0.3 is 15.5 Å². The molecule has 1 atom stereocenters. The average Bonchev–Trinajstić information content (AvgIpc) is 3.18. The van der Waals surface area contributed by atoms with Crippen LogP contribution in [-0.4, -0.2) is 24.3 Å². The fraction of sp³-hybridized carbons (Fsp3) is 0.125. The Morgan fingerprint density at radius 2 is 1.47 bits per heavy atom. The third-order valence-corrected chi connectivity index (χ3v) is 5.17. The highest BCUT2D eigenvalue weighted by molar-refractivity contribution is 6.11. The molecule has 32 heavy (non-hydrogen) atoms. The number of halogens is 2. The minimum atomic E-state index is -0.624. The number of nitrogens with zero attached hydrogens (tertiary/aromatic N) is 1. The summed E-state index contributed by atoms with van der Waals surface area (Å²) in [5.41, 5.74) is 1.45. The third-order valence-electron chi connectivity index (χ3n) is 5.17. The number of rotatable bonds is 5. The lowest BCUT2D eigenvalue weighted by Crippen LogP contribution is -2.28. The predicted octanol–water partition coefficient (Wildman–Crippen LogP) is 4.21. The van der Waals surface area contributed by atoms with Crippen LogP contribution in [0.1, 0.15) is 16.8 Å². The molecule has 1 fully saturated rings. The van der Waals surface area contributed by atoms with E-state index in [-0.39, 0.29) is 24.4 Å². The summed E-state index contributed by atoms with van der Waals surface area (Å²) in [6.45, 7) is 0.153. The molecular weight excluding hydrogens is 416 g/mol. The van der Waals surface area contributed by atoms with Gasteiger partial charge in [-0.1, -0.05) is 12.1 Å². The van der Waals surface area contributed by atoms with E-state index in [9.17, 15) is 23.2 Å². The van der Waals surface area contributed by atoms with Crippen LogP contribution in [0.15, 0.2) is 72.8 Å². The first kappa shape index (κ1) is 21.2. The van der Waals surface area contributed by atoms with Gasteiger partial charge in [0.15, 0.2) is 0 Å². The van der Waals surface area contributed by atoms with Gasteiger partial charge in [-0.3, -0.25) is 14.4 Å². The van der Waals surface area contributed by atoms with Crippen LogP contribution in [-0.2, 0) is 9.59 Å². The van der Waals surface area contributed by atoms with Gasteiger partial charge in [-0.2, -0.15) is 0 Å². The van der Waals surface area contributed by atoms with Crippen molar-refractivity contribution in [3.05, 3.63) is 90.0 Å². The van der Waals surface area contributed by atoms with E-state index in [0.717, 1.165) is 0 Å². The maximum atomic E-state index is 13.2. The molecule has 3 amide bonds. The standard InChI is InChI=1S/C24H19F2N3O3/c25-16-5-9-18(10-6-16)27-24(32)20-3-1-2-4-21(20)28-23(31)15-13-22(30)29(14-15)19-11-7-17(26)8-12-19/h1-12,15H,13-14H2,(H,27,32)(H,28,31)/t15-/m0/s1. The molecule has 0 radical (unpaired) electrons. The number of hydrogen-bond acceptors (Lipinski definition) is 3. The number of anilines is 3. The van der Waals surface area contributed by atoms with Gasteiger partial charge in [0.1, 0.15) is 11.6 Å². The maximum Gasteiger partial charge on any atom is 0.257 e. The lowest BCUT2D eigenvalue weighted by molar-refractivity contribution is -0.122. The van der Waals surface area contributed by atoms with E-state index >= 15 is 0 Å². The smallest absolute Gasteiger partial charge is 0.257 e. The Hall–Kier alpha value is -4.07. The van der Waals surface area contributed by atoms with E-state index in [1.165, 1.54) is 53.4 Å². The van der Waals surface area contributed by atoms with Crippen molar-refractivity contribution < 1.29 is 23.2 Å². The summed E-state index contributed by atoms with van der Waals surface area (Å²) in [4.78, 5) is 39.4. The van der Waals surface area contributed by atoms with Crippen molar-refractivity contribution in [1.82, 2.24) is 0 Å². The van der Waals surface area contributed by atoms with Crippen LogP contribution in [0.2, 0.25) is 0 Å². The van der Waals surface area contributed by atoms with Crippen molar-refractivity contribution in [1.29, 1.82) is 0 Å². The van der Waals surface area contributed by atoms with Gasteiger partial charge in [-0.25, -0.2) is 8.78 Å². The fourth-order valence-electron chi connectivity index (χ4n) is 3.51. The number of nitrogens with one attached hydrogen (secondary N) is 2. The van der Waals surface area contributed by atoms with Crippen molar-refractivity contribution >= 4 is 34.8 Å². The van der Waals surface area contributed by atoms with Crippen molar-refractivity contribution in [2.75, 3.05) is 22.1 Å². The van der Waals surface area contributed by atoms with Crippen molar-refractivity contribution in [2.24, 2.45) is 5.92 Å². The molecule has 1 aliphatic heterocycles. The van der Waals surface area contributed by atoms with E-state index < -0.39 is 29.4 Å². The fourth-order valence-corrected chi connectivity index (χ4v) is 3.51. The Morgan fingerprint density at radius 3 is 2.16 bits per heavy atom. The van der Waals surface area contributed by atoms with E-state index in [0.29, 0.717) is 17.1 Å². The number of hydrogen-bond donors (Lipinski definition) is 2. The highest BCUT2D eigenvalue weighted by atomic mass is 19.1. The van der Waals surface area contributed by atoms with Gasteiger partial charge >= 0.3 is 0 Å². The SMILES string of the molecule is O=C(Nc1ccc(F)cc1)c1ccccc1NC(=O)[C@H]1CC(=O)N(c2ccc(F)cc2)C1. The number of para-hydroxylation sites is 1. The molecule has 1 saturated heterocycles. The lowest BCUT2D eigenvalue weighted by Gasteiger charge is -2.17. The van der Waals surface area contributed by atoms with Gasteiger partial charge in [-0.05, 0) is 60.7 Å². The molecule has 6 nitrogen and oxygen atoms in total. The summed E-state index contributed by atoms with van der Waals surface area (Å²) >= 11 is 0. The van der Waals surface area contributed by atoms with Gasteiger partial charge in [0.25, 0.3) is 5.91 Å². The predicted molar refractivity (Wildman–Crippen MR) is 116 cm³/mol. The monoisotopic (exact) mass is 435 g/mol. The quantitative estimate of drug-likeness (QED) is 0.630. The number of carbonyl (C=O) groups excluding carboxylic acids is 3. The largest absolute Gasteiger partial charge is 0.325 e. The summed E-state index contributed by atoms with van der Waals surface area (Å²) in [6.07, 6.45) is 0.00710. The molecular formula is C24H19F2N3O3. The Kier molecular flexibility index (Phi) is 5.93. The molecule has 0 bridgehead atoms. The Labute approximate surface area is 182 Å². The Morgan fingerprint density at radius 1 is 0.844 bits per heavy atom. The molecule has 3 aromatic carbocycles. The molecule has 3 aromatic rings. The van der Waals surface area contributed by atoms with Crippen molar-refractivity contribution in [3.8, 4) is 0 Å². The second kappa shape index (κ2) is 8.97. The lowest BCUT2D eigenvalue weighted by atomic mass is 10.1. The van der Waals surface area contributed by atoms with Crippen LogP contribution in [0.5, 0.6) is 0 Å². The highest BCUT2D eigenvalue weighted by Gasteiger charge is 2.35. The molecule has 1 aliphatic rings. The van der Waals surface area contributed by atoms with E-state index in [4.69, 9.17) is 0 Å². The third kappa shape index (κ3) is 4.64. The van der Waals surface area contributed by atoms with Gasteiger partial charge in [0, 0.05) is 24.3 Å². The topological polar surface area (TPSA) is 78.5 Å². The number of benzene rings is 3. The van der Waals surface area contributed by atoms with Crippen LogP contribution in [0.3, 0.4) is 0 Å². The molecule has 162 valence electrons. The molecule has 2 N–H and O–H groups in total. The van der Waals surface area contributed by atoms with Gasteiger partial charge in [0.2, 0.25) is 11.8 Å². The van der Waals surface area contributed by atoms with E-state index in [2.05, 4.69) is 10.6 Å². The first-order valence-electron chi connectivity index (χ1n) is 9.93. The van der Waals surface area contributed by atoms with E-state index in [1.807, 2.05) is 0 Å².